The van der Waals surface area contributed by atoms with Crippen molar-refractivity contribution < 1.29 is 47.4 Å². The van der Waals surface area contributed by atoms with E-state index in [1.165, 1.54) is 0 Å². The number of para-hydroxylation sites is 2. The molecule has 0 amide bonds. The molecule has 45 heavy (non-hydrogen) atoms. The number of benzene rings is 3. The summed E-state index contributed by atoms with van der Waals surface area (Å²) >= 11 is 0. The lowest BCUT2D eigenvalue weighted by Gasteiger charge is -2.15. The monoisotopic (exact) mass is 616 g/mol. The van der Waals surface area contributed by atoms with Crippen LogP contribution in [0.2, 0.25) is 0 Å². The standard InChI is InChI=1S/C35H36O10/c1-3-27-23-28(4-2)25-30(24-27)45-35(36)29-9-10-33-34(26-29)44-22-18-40-14-13-38-16-20-42-32-8-6-5-7-31(32)41-19-15-37-11-12-39-17-21-43-33/h1-2,5-10,23-26H,11-22H2. The summed E-state index contributed by atoms with van der Waals surface area (Å²) in [6, 6.07) is 17.0. The molecule has 3 aromatic carbocycles. The fourth-order valence-corrected chi connectivity index (χ4v) is 4.03. The van der Waals surface area contributed by atoms with Crippen molar-refractivity contribution in [3.63, 3.8) is 0 Å². The Morgan fingerprint density at radius 1 is 0.533 bits per heavy atom. The van der Waals surface area contributed by atoms with Crippen molar-refractivity contribution >= 4 is 5.97 Å². The van der Waals surface area contributed by atoms with E-state index in [2.05, 4.69) is 11.8 Å². The smallest absolute Gasteiger partial charge is 0.343 e. The van der Waals surface area contributed by atoms with E-state index in [-0.39, 0.29) is 31.1 Å². The van der Waals surface area contributed by atoms with E-state index in [0.717, 1.165) is 0 Å². The second-order valence-electron chi connectivity index (χ2n) is 9.38. The molecule has 10 heteroatoms. The van der Waals surface area contributed by atoms with Gasteiger partial charge in [-0.1, -0.05) is 24.0 Å². The number of ether oxygens (including phenoxy) is 9. The second-order valence-corrected chi connectivity index (χ2v) is 9.38. The van der Waals surface area contributed by atoms with Crippen molar-refractivity contribution in [3.8, 4) is 53.4 Å². The maximum absolute atomic E-state index is 13.0. The van der Waals surface area contributed by atoms with Crippen LogP contribution in [-0.2, 0) is 18.9 Å². The van der Waals surface area contributed by atoms with E-state index in [1.807, 2.05) is 24.3 Å². The molecule has 236 valence electrons. The molecule has 0 aliphatic carbocycles. The lowest BCUT2D eigenvalue weighted by molar-refractivity contribution is 0.0223. The van der Waals surface area contributed by atoms with Crippen LogP contribution < -0.4 is 23.7 Å². The van der Waals surface area contributed by atoms with Gasteiger partial charge in [0.05, 0.1) is 58.4 Å². The predicted molar refractivity (Wildman–Crippen MR) is 165 cm³/mol. The van der Waals surface area contributed by atoms with Gasteiger partial charge in [-0.2, -0.15) is 0 Å². The van der Waals surface area contributed by atoms with Crippen molar-refractivity contribution in [1.82, 2.24) is 0 Å². The molecule has 1 heterocycles. The highest BCUT2D eigenvalue weighted by molar-refractivity contribution is 5.92. The van der Waals surface area contributed by atoms with E-state index in [4.69, 9.17) is 55.5 Å². The zero-order valence-corrected chi connectivity index (χ0v) is 25.0. The molecule has 0 spiro atoms. The van der Waals surface area contributed by atoms with Crippen LogP contribution in [0.1, 0.15) is 21.5 Å². The third-order valence-corrected chi connectivity index (χ3v) is 6.16. The summed E-state index contributed by atoms with van der Waals surface area (Å²) in [6.07, 6.45) is 11.0. The summed E-state index contributed by atoms with van der Waals surface area (Å²) in [5.74, 6) is 6.69. The van der Waals surface area contributed by atoms with Crippen LogP contribution >= 0.6 is 0 Å². The fraction of sp³-hybridized carbons (Fsp3) is 0.343. The Hall–Kier alpha value is -4.71. The molecule has 1 aliphatic rings. The van der Waals surface area contributed by atoms with Gasteiger partial charge in [-0.25, -0.2) is 4.79 Å². The third-order valence-electron chi connectivity index (χ3n) is 6.16. The summed E-state index contributed by atoms with van der Waals surface area (Å²) in [6.45, 7) is 4.12. The second kappa shape index (κ2) is 18.8. The summed E-state index contributed by atoms with van der Waals surface area (Å²) in [4.78, 5) is 13.0. The normalized spacial score (nSPS) is 15.8. The van der Waals surface area contributed by atoms with E-state index in [1.54, 1.807) is 36.4 Å². The maximum Gasteiger partial charge on any atom is 0.343 e. The Balaban J connectivity index is 1.34. The van der Waals surface area contributed by atoms with Gasteiger partial charge in [0.2, 0.25) is 0 Å². The molecule has 1 aliphatic heterocycles. The van der Waals surface area contributed by atoms with Crippen molar-refractivity contribution in [2.75, 3.05) is 79.3 Å². The Morgan fingerprint density at radius 2 is 0.956 bits per heavy atom. The van der Waals surface area contributed by atoms with Gasteiger partial charge < -0.3 is 42.6 Å². The average Bonchev–Trinajstić information content (AvgIpc) is 3.06. The molecule has 0 fully saturated rings. The molecule has 0 radical (unpaired) electrons. The number of terminal acetylenes is 2. The van der Waals surface area contributed by atoms with Crippen LogP contribution in [0, 0.1) is 24.7 Å². The highest BCUT2D eigenvalue weighted by atomic mass is 16.6. The van der Waals surface area contributed by atoms with Gasteiger partial charge in [0, 0.05) is 11.1 Å². The molecule has 0 bridgehead atoms. The van der Waals surface area contributed by atoms with Crippen molar-refractivity contribution in [2.45, 2.75) is 0 Å². The molecule has 4 rings (SSSR count). The molecule has 0 atom stereocenters. The van der Waals surface area contributed by atoms with E-state index in [9.17, 15) is 4.79 Å². The Labute approximate surface area is 263 Å². The molecule has 10 nitrogen and oxygen atoms in total. The molecule has 0 saturated carbocycles. The van der Waals surface area contributed by atoms with Gasteiger partial charge in [-0.05, 0) is 48.5 Å². The van der Waals surface area contributed by atoms with Crippen molar-refractivity contribution in [1.29, 1.82) is 0 Å². The molecular formula is C35H36O10. The van der Waals surface area contributed by atoms with Crippen LogP contribution in [0.4, 0.5) is 0 Å². The molecule has 0 unspecified atom stereocenters. The number of carbonyl (C=O) groups excluding carboxylic acids is 1. The zero-order valence-electron chi connectivity index (χ0n) is 25.0. The van der Waals surface area contributed by atoms with Gasteiger partial charge in [0.15, 0.2) is 23.0 Å². The molecule has 0 N–H and O–H groups in total. The highest BCUT2D eigenvalue weighted by Gasteiger charge is 2.15. The lowest BCUT2D eigenvalue weighted by atomic mass is 10.1. The van der Waals surface area contributed by atoms with Crippen LogP contribution in [0.3, 0.4) is 0 Å². The van der Waals surface area contributed by atoms with Crippen LogP contribution in [0.25, 0.3) is 0 Å². The minimum atomic E-state index is -0.613. The summed E-state index contributed by atoms with van der Waals surface area (Å²) in [5.41, 5.74) is 1.25. The van der Waals surface area contributed by atoms with E-state index < -0.39 is 5.97 Å². The number of fused-ring (bicyclic) bond motifs is 2. The first-order valence-corrected chi connectivity index (χ1v) is 14.5. The van der Waals surface area contributed by atoms with Crippen LogP contribution in [-0.4, -0.2) is 85.3 Å². The molecule has 0 aromatic heterocycles. The number of hydrogen-bond donors (Lipinski definition) is 0. The minimum Gasteiger partial charge on any atom is -0.487 e. The van der Waals surface area contributed by atoms with Gasteiger partial charge in [0.1, 0.15) is 32.2 Å². The maximum atomic E-state index is 13.0. The molecule has 0 saturated heterocycles. The zero-order chi connectivity index (χ0) is 31.5. The Morgan fingerprint density at radius 3 is 1.42 bits per heavy atom. The Bertz CT molecular complexity index is 1420. The third kappa shape index (κ3) is 11.4. The topological polar surface area (TPSA) is 100 Å². The van der Waals surface area contributed by atoms with Gasteiger partial charge in [-0.15, -0.1) is 12.8 Å². The average molecular weight is 617 g/mol. The van der Waals surface area contributed by atoms with Crippen molar-refractivity contribution in [3.05, 3.63) is 77.4 Å². The van der Waals surface area contributed by atoms with E-state index in [0.29, 0.717) is 93.6 Å². The van der Waals surface area contributed by atoms with Gasteiger partial charge in [0.25, 0.3) is 0 Å². The summed E-state index contributed by atoms with van der Waals surface area (Å²) in [7, 11) is 0. The first kappa shape index (κ1) is 33.2. The minimum absolute atomic E-state index is 0.207. The van der Waals surface area contributed by atoms with Crippen LogP contribution in [0.5, 0.6) is 28.7 Å². The SMILES string of the molecule is C#Cc1cc(C#C)cc(OC(=O)c2ccc3c(c2)OCCOCCOCCOc2ccccc2OCCOCCOCCO3)c1. The summed E-state index contributed by atoms with van der Waals surface area (Å²) in [5, 5.41) is 0. The number of carbonyl (C=O) groups is 1. The summed E-state index contributed by atoms with van der Waals surface area (Å²) < 4.78 is 51.4. The lowest BCUT2D eigenvalue weighted by Crippen LogP contribution is -2.16. The first-order chi connectivity index (χ1) is 22.2. The van der Waals surface area contributed by atoms with Crippen LogP contribution in [0.15, 0.2) is 60.7 Å². The van der Waals surface area contributed by atoms with Gasteiger partial charge in [-0.3, -0.25) is 0 Å². The predicted octanol–water partition coefficient (Wildman–Crippen LogP) is 4.16. The van der Waals surface area contributed by atoms with Crippen molar-refractivity contribution in [2.24, 2.45) is 0 Å². The molecule has 3 aromatic rings. The van der Waals surface area contributed by atoms with E-state index >= 15 is 0 Å². The fourth-order valence-electron chi connectivity index (χ4n) is 4.03. The van der Waals surface area contributed by atoms with Gasteiger partial charge >= 0.3 is 5.97 Å². The number of hydrogen-bond acceptors (Lipinski definition) is 10. The molecular weight excluding hydrogens is 580 g/mol. The Kier molecular flexibility index (Phi) is 13.9. The number of rotatable bonds is 2. The largest absolute Gasteiger partial charge is 0.487 e. The number of esters is 1. The first-order valence-electron chi connectivity index (χ1n) is 14.5. The highest BCUT2D eigenvalue weighted by Crippen LogP contribution is 2.30. The quantitative estimate of drug-likeness (QED) is 0.237.